The van der Waals surface area contributed by atoms with E-state index < -0.39 is 5.54 Å². The maximum Gasteiger partial charge on any atom is 0.200 e. The molecule has 0 radical (unpaired) electrons. The minimum Gasteiger partial charge on any atom is -0.358 e. The van der Waals surface area contributed by atoms with Crippen LogP contribution in [0, 0.1) is 0 Å². The zero-order valence-electron chi connectivity index (χ0n) is 11.1. The van der Waals surface area contributed by atoms with Crippen molar-refractivity contribution in [3.63, 3.8) is 0 Å². The van der Waals surface area contributed by atoms with E-state index in [2.05, 4.69) is 25.9 Å². The summed E-state index contributed by atoms with van der Waals surface area (Å²) in [5, 5.41) is 18.8. The molecule has 0 saturated carbocycles. The lowest BCUT2D eigenvalue weighted by molar-refractivity contribution is 0.550. The van der Waals surface area contributed by atoms with Crippen molar-refractivity contribution in [3.8, 4) is 0 Å². The number of hydrogen-bond donors (Lipinski definition) is 2. The predicted molar refractivity (Wildman–Crippen MR) is 75.0 cm³/mol. The minimum atomic E-state index is -0.407. The second-order valence-electron chi connectivity index (χ2n) is 4.77. The highest BCUT2D eigenvalue weighted by molar-refractivity contribution is 5.45. The Kier molecular flexibility index (Phi) is 3.03. The molecule has 3 N–H and O–H groups in total. The molecule has 0 bridgehead atoms. The summed E-state index contributed by atoms with van der Waals surface area (Å²) in [5.41, 5.74) is 7.24. The second-order valence-corrected chi connectivity index (χ2v) is 4.77. The Balaban J connectivity index is 1.94. The van der Waals surface area contributed by atoms with Crippen LogP contribution >= 0.6 is 0 Å². The van der Waals surface area contributed by atoms with Crippen molar-refractivity contribution in [1.29, 1.82) is 0 Å². The van der Waals surface area contributed by atoms with Crippen molar-refractivity contribution >= 4 is 11.5 Å². The lowest BCUT2D eigenvalue weighted by Gasteiger charge is -2.30. The summed E-state index contributed by atoms with van der Waals surface area (Å²) >= 11 is 0. The number of fused-ring (bicyclic) bond motifs is 1. The van der Waals surface area contributed by atoms with E-state index in [4.69, 9.17) is 5.73 Å². The second kappa shape index (κ2) is 4.86. The molecule has 2 aromatic heterocycles. The van der Waals surface area contributed by atoms with Crippen LogP contribution in [0.5, 0.6) is 0 Å². The molecule has 1 unspecified atom stereocenters. The number of tetrazole rings is 1. The van der Waals surface area contributed by atoms with Gasteiger partial charge in [-0.2, -0.15) is 0 Å². The topological polar surface area (TPSA) is 94.0 Å². The number of aromatic nitrogens is 5. The van der Waals surface area contributed by atoms with E-state index in [-0.39, 0.29) is 0 Å². The molecule has 0 fully saturated rings. The summed E-state index contributed by atoms with van der Waals surface area (Å²) in [4.78, 5) is 0. The highest BCUT2D eigenvalue weighted by Crippen LogP contribution is 2.23. The van der Waals surface area contributed by atoms with Gasteiger partial charge in [-0.15, -0.1) is 14.8 Å². The lowest BCUT2D eigenvalue weighted by Crippen LogP contribution is -2.40. The van der Waals surface area contributed by atoms with Crippen molar-refractivity contribution in [2.24, 2.45) is 5.73 Å². The monoisotopic (exact) mass is 269 g/mol. The number of hydrogen-bond acceptors (Lipinski definition) is 6. The summed E-state index contributed by atoms with van der Waals surface area (Å²) in [7, 11) is 0. The van der Waals surface area contributed by atoms with Gasteiger partial charge in [-0.1, -0.05) is 30.3 Å². The Bertz CT molecular complexity index is 709. The third kappa shape index (κ3) is 2.19. The molecule has 0 saturated heterocycles. The molecule has 1 atom stereocenters. The van der Waals surface area contributed by atoms with Gasteiger partial charge in [0.25, 0.3) is 0 Å². The molecule has 1 aromatic carbocycles. The standard InChI is InChI=1S/C13H15N7/c1-13(9-14,10-5-3-2-4-6-10)15-11-7-8-12-16-18-19-20(12)17-11/h2-8H,9,14H2,1H3,(H,15,17). The van der Waals surface area contributed by atoms with Crippen molar-refractivity contribution < 1.29 is 0 Å². The van der Waals surface area contributed by atoms with Crippen LogP contribution in [0.3, 0.4) is 0 Å². The first-order valence-corrected chi connectivity index (χ1v) is 6.30. The van der Waals surface area contributed by atoms with Gasteiger partial charge < -0.3 is 11.1 Å². The Morgan fingerprint density at radius 3 is 2.75 bits per heavy atom. The number of rotatable bonds is 4. The van der Waals surface area contributed by atoms with Crippen molar-refractivity contribution in [3.05, 3.63) is 48.0 Å². The molecule has 3 aromatic rings. The van der Waals surface area contributed by atoms with E-state index in [0.29, 0.717) is 18.0 Å². The molecule has 102 valence electrons. The summed E-state index contributed by atoms with van der Waals surface area (Å²) in [5.74, 6) is 0.668. The van der Waals surface area contributed by atoms with E-state index in [9.17, 15) is 0 Å². The Labute approximate surface area is 115 Å². The van der Waals surface area contributed by atoms with E-state index in [0.717, 1.165) is 5.56 Å². The van der Waals surface area contributed by atoms with Crippen LogP contribution in [0.15, 0.2) is 42.5 Å². The number of anilines is 1. The first kappa shape index (κ1) is 12.5. The van der Waals surface area contributed by atoms with Crippen LogP contribution in [0.4, 0.5) is 5.82 Å². The van der Waals surface area contributed by atoms with Crippen LogP contribution in [0.2, 0.25) is 0 Å². The average Bonchev–Trinajstić information content (AvgIpc) is 2.95. The Hall–Kier alpha value is -2.54. The smallest absolute Gasteiger partial charge is 0.200 e. The molecule has 7 nitrogen and oxygen atoms in total. The zero-order valence-corrected chi connectivity index (χ0v) is 11.1. The normalized spacial score (nSPS) is 14.1. The van der Waals surface area contributed by atoms with Crippen molar-refractivity contribution in [2.75, 3.05) is 11.9 Å². The molecule has 0 aliphatic heterocycles. The van der Waals surface area contributed by atoms with E-state index >= 15 is 0 Å². The average molecular weight is 269 g/mol. The fraction of sp³-hybridized carbons (Fsp3) is 0.231. The molecular formula is C13H15N7. The van der Waals surface area contributed by atoms with Gasteiger partial charge in [0.05, 0.1) is 5.54 Å². The van der Waals surface area contributed by atoms with Gasteiger partial charge in [0.15, 0.2) is 5.65 Å². The molecule has 0 spiro atoms. The predicted octanol–water partition coefficient (Wildman–Crippen LogP) is 0.805. The highest BCUT2D eigenvalue weighted by atomic mass is 15.6. The highest BCUT2D eigenvalue weighted by Gasteiger charge is 2.25. The number of nitrogens with two attached hydrogens (primary N) is 1. The van der Waals surface area contributed by atoms with Gasteiger partial charge >= 0.3 is 0 Å². The summed E-state index contributed by atoms with van der Waals surface area (Å²) in [6.45, 7) is 2.47. The molecular weight excluding hydrogens is 254 g/mol. The summed E-state index contributed by atoms with van der Waals surface area (Å²) in [6, 6.07) is 13.7. The van der Waals surface area contributed by atoms with Crippen LogP contribution in [0.1, 0.15) is 12.5 Å². The number of benzene rings is 1. The van der Waals surface area contributed by atoms with Gasteiger partial charge in [-0.25, -0.2) is 0 Å². The third-order valence-corrected chi connectivity index (χ3v) is 3.29. The van der Waals surface area contributed by atoms with Crippen molar-refractivity contribution in [2.45, 2.75) is 12.5 Å². The first-order valence-electron chi connectivity index (χ1n) is 6.30. The number of nitrogens with zero attached hydrogens (tertiary/aromatic N) is 5. The minimum absolute atomic E-state index is 0.407. The fourth-order valence-electron chi connectivity index (χ4n) is 2.05. The first-order chi connectivity index (χ1) is 9.71. The Morgan fingerprint density at radius 2 is 2.00 bits per heavy atom. The maximum absolute atomic E-state index is 5.94. The van der Waals surface area contributed by atoms with Crippen LogP contribution < -0.4 is 11.1 Å². The molecule has 3 rings (SSSR count). The fourth-order valence-corrected chi connectivity index (χ4v) is 2.05. The molecule has 20 heavy (non-hydrogen) atoms. The molecule has 0 amide bonds. The molecule has 0 aliphatic carbocycles. The van der Waals surface area contributed by atoms with Gasteiger partial charge in [-0.3, -0.25) is 0 Å². The van der Waals surface area contributed by atoms with Crippen molar-refractivity contribution in [1.82, 2.24) is 25.3 Å². The molecule has 0 aliphatic rings. The van der Waals surface area contributed by atoms with E-state index in [1.165, 1.54) is 4.63 Å². The van der Waals surface area contributed by atoms with Gasteiger partial charge in [0, 0.05) is 6.54 Å². The van der Waals surface area contributed by atoms with Crippen LogP contribution in [-0.2, 0) is 5.54 Å². The Morgan fingerprint density at radius 1 is 1.20 bits per heavy atom. The maximum atomic E-state index is 5.94. The van der Waals surface area contributed by atoms with Gasteiger partial charge in [0.1, 0.15) is 5.82 Å². The van der Waals surface area contributed by atoms with E-state index in [1.54, 1.807) is 6.07 Å². The van der Waals surface area contributed by atoms with Gasteiger partial charge in [0.2, 0.25) is 0 Å². The van der Waals surface area contributed by atoms with Crippen LogP contribution in [-0.4, -0.2) is 31.8 Å². The molecule has 7 heteroatoms. The number of nitrogens with one attached hydrogen (secondary N) is 1. The zero-order chi connectivity index (χ0) is 14.0. The summed E-state index contributed by atoms with van der Waals surface area (Å²) in [6.07, 6.45) is 0. The quantitative estimate of drug-likeness (QED) is 0.727. The molecule has 2 heterocycles. The SMILES string of the molecule is CC(CN)(Nc1ccc2nnnn2n1)c1ccccc1. The van der Waals surface area contributed by atoms with E-state index in [1.807, 2.05) is 43.3 Å². The third-order valence-electron chi connectivity index (χ3n) is 3.29. The largest absolute Gasteiger partial charge is 0.358 e. The van der Waals surface area contributed by atoms with Gasteiger partial charge in [-0.05, 0) is 35.0 Å². The lowest BCUT2D eigenvalue weighted by atomic mass is 9.92. The summed E-state index contributed by atoms with van der Waals surface area (Å²) < 4.78 is 1.38. The van der Waals surface area contributed by atoms with Crippen LogP contribution in [0.25, 0.3) is 5.65 Å².